The lowest BCUT2D eigenvalue weighted by molar-refractivity contribution is -0.384. The first-order chi connectivity index (χ1) is 9.49. The van der Waals surface area contributed by atoms with E-state index in [1.807, 2.05) is 0 Å². The van der Waals surface area contributed by atoms with Gasteiger partial charge >= 0.3 is 0 Å². The third kappa shape index (κ3) is 6.29. The molecule has 1 amide bonds. The number of amides is 1. The Hall–Kier alpha value is -1.95. The summed E-state index contributed by atoms with van der Waals surface area (Å²) in [4.78, 5) is 21.7. The van der Waals surface area contributed by atoms with E-state index in [4.69, 9.17) is 0 Å². The van der Waals surface area contributed by atoms with Crippen LogP contribution >= 0.6 is 0 Å². The maximum atomic E-state index is 11.6. The van der Waals surface area contributed by atoms with Crippen LogP contribution in [0.3, 0.4) is 0 Å². The van der Waals surface area contributed by atoms with E-state index in [1.165, 1.54) is 12.1 Å². The zero-order chi connectivity index (χ0) is 15.0. The van der Waals surface area contributed by atoms with Crippen molar-refractivity contribution in [3.05, 3.63) is 39.9 Å². The van der Waals surface area contributed by atoms with Crippen LogP contribution in [0.1, 0.15) is 32.3 Å². The molecule has 0 heterocycles. The van der Waals surface area contributed by atoms with Gasteiger partial charge in [0.2, 0.25) is 5.91 Å². The number of hydrogen-bond donors (Lipinski definition) is 2. The van der Waals surface area contributed by atoms with Gasteiger partial charge in [-0.2, -0.15) is 0 Å². The largest absolute Gasteiger partial charge is 0.352 e. The van der Waals surface area contributed by atoms with Crippen molar-refractivity contribution in [3.63, 3.8) is 0 Å². The number of benzene rings is 1. The molecule has 6 nitrogen and oxygen atoms in total. The molecule has 0 aliphatic heterocycles. The Kier molecular flexibility index (Phi) is 6.66. The number of rotatable bonds is 8. The SMILES string of the molecule is CC(C)NCCCC(=O)NCc1ccc([N+](=O)[O-])cc1. The van der Waals surface area contributed by atoms with Gasteiger partial charge in [0.15, 0.2) is 0 Å². The molecule has 0 atom stereocenters. The normalized spacial score (nSPS) is 10.6. The molecule has 1 rings (SSSR count). The number of nitrogens with one attached hydrogen (secondary N) is 2. The minimum atomic E-state index is -0.440. The smallest absolute Gasteiger partial charge is 0.269 e. The van der Waals surface area contributed by atoms with E-state index in [1.54, 1.807) is 12.1 Å². The predicted molar refractivity (Wildman–Crippen MR) is 77.3 cm³/mol. The Morgan fingerprint density at radius 1 is 1.30 bits per heavy atom. The first-order valence-corrected chi connectivity index (χ1v) is 6.72. The summed E-state index contributed by atoms with van der Waals surface area (Å²) in [5, 5.41) is 16.5. The molecule has 0 aliphatic rings. The summed E-state index contributed by atoms with van der Waals surface area (Å²) >= 11 is 0. The fraction of sp³-hybridized carbons (Fsp3) is 0.500. The van der Waals surface area contributed by atoms with Gasteiger partial charge in [0, 0.05) is 31.1 Å². The third-order valence-electron chi connectivity index (χ3n) is 2.77. The summed E-state index contributed by atoms with van der Waals surface area (Å²) in [6, 6.07) is 6.61. The number of carbonyl (C=O) groups is 1. The fourth-order valence-electron chi connectivity index (χ4n) is 1.66. The van der Waals surface area contributed by atoms with Gasteiger partial charge in [0.05, 0.1) is 4.92 Å². The number of carbonyl (C=O) groups excluding carboxylic acids is 1. The van der Waals surface area contributed by atoms with Crippen LogP contribution in [0.15, 0.2) is 24.3 Å². The highest BCUT2D eigenvalue weighted by Crippen LogP contribution is 2.11. The van der Waals surface area contributed by atoms with Crippen molar-refractivity contribution >= 4 is 11.6 Å². The van der Waals surface area contributed by atoms with Crippen LogP contribution in [0.4, 0.5) is 5.69 Å². The van der Waals surface area contributed by atoms with Crippen LogP contribution in [-0.4, -0.2) is 23.4 Å². The lowest BCUT2D eigenvalue weighted by atomic mass is 10.2. The highest BCUT2D eigenvalue weighted by molar-refractivity contribution is 5.75. The van der Waals surface area contributed by atoms with E-state index >= 15 is 0 Å². The van der Waals surface area contributed by atoms with Gasteiger partial charge in [-0.05, 0) is 18.5 Å². The molecule has 0 bridgehead atoms. The minimum Gasteiger partial charge on any atom is -0.352 e. The zero-order valence-electron chi connectivity index (χ0n) is 11.9. The van der Waals surface area contributed by atoms with E-state index in [-0.39, 0.29) is 11.6 Å². The number of nitro groups is 1. The van der Waals surface area contributed by atoms with Crippen LogP contribution in [0.2, 0.25) is 0 Å². The van der Waals surface area contributed by atoms with Crippen LogP contribution in [0.25, 0.3) is 0 Å². The van der Waals surface area contributed by atoms with Crippen molar-refractivity contribution in [1.82, 2.24) is 10.6 Å². The molecule has 1 aromatic rings. The molecule has 0 fully saturated rings. The molecule has 0 saturated carbocycles. The second kappa shape index (κ2) is 8.27. The summed E-state index contributed by atoms with van der Waals surface area (Å²) in [7, 11) is 0. The second-order valence-electron chi connectivity index (χ2n) is 4.91. The van der Waals surface area contributed by atoms with Gasteiger partial charge < -0.3 is 10.6 Å². The Bertz CT molecular complexity index is 443. The highest BCUT2D eigenvalue weighted by Gasteiger charge is 2.05. The van der Waals surface area contributed by atoms with Crippen molar-refractivity contribution in [2.45, 2.75) is 39.3 Å². The van der Waals surface area contributed by atoms with E-state index in [0.717, 1.165) is 18.5 Å². The summed E-state index contributed by atoms with van der Waals surface area (Å²) in [5.41, 5.74) is 0.907. The number of non-ortho nitro benzene ring substituents is 1. The molecule has 6 heteroatoms. The van der Waals surface area contributed by atoms with E-state index in [9.17, 15) is 14.9 Å². The van der Waals surface area contributed by atoms with Gasteiger partial charge in [0.25, 0.3) is 5.69 Å². The Morgan fingerprint density at radius 2 is 1.95 bits per heavy atom. The minimum absolute atomic E-state index is 0.00564. The molecule has 0 spiro atoms. The zero-order valence-corrected chi connectivity index (χ0v) is 11.9. The van der Waals surface area contributed by atoms with Crippen molar-refractivity contribution in [2.24, 2.45) is 0 Å². The topological polar surface area (TPSA) is 84.3 Å². The molecule has 1 aromatic carbocycles. The van der Waals surface area contributed by atoms with Gasteiger partial charge in [-0.1, -0.05) is 26.0 Å². The monoisotopic (exact) mass is 279 g/mol. The molecule has 0 radical (unpaired) electrons. The van der Waals surface area contributed by atoms with Gasteiger partial charge in [-0.15, -0.1) is 0 Å². The highest BCUT2D eigenvalue weighted by atomic mass is 16.6. The number of nitro benzene ring substituents is 1. The summed E-state index contributed by atoms with van der Waals surface area (Å²) in [5.74, 6) is -0.00564. The molecule has 0 saturated heterocycles. The van der Waals surface area contributed by atoms with E-state index in [2.05, 4.69) is 24.5 Å². The molecule has 0 aromatic heterocycles. The van der Waals surface area contributed by atoms with Gasteiger partial charge in [0.1, 0.15) is 0 Å². The first-order valence-electron chi connectivity index (χ1n) is 6.72. The maximum absolute atomic E-state index is 11.6. The molecular formula is C14H21N3O3. The quantitative estimate of drug-likeness (QED) is 0.433. The van der Waals surface area contributed by atoms with Crippen molar-refractivity contribution in [2.75, 3.05) is 6.54 Å². The van der Waals surface area contributed by atoms with Crippen molar-refractivity contribution in [3.8, 4) is 0 Å². The van der Waals surface area contributed by atoms with Crippen LogP contribution in [-0.2, 0) is 11.3 Å². The lowest BCUT2D eigenvalue weighted by Gasteiger charge is -2.08. The average Bonchev–Trinajstić information content (AvgIpc) is 2.41. The standard InChI is InChI=1S/C14H21N3O3/c1-11(2)15-9-3-4-14(18)16-10-12-5-7-13(8-6-12)17(19)20/h5-8,11,15H,3-4,9-10H2,1-2H3,(H,16,18). The molecule has 0 aliphatic carbocycles. The Balaban J connectivity index is 2.25. The van der Waals surface area contributed by atoms with Gasteiger partial charge in [-0.25, -0.2) is 0 Å². The van der Waals surface area contributed by atoms with Crippen molar-refractivity contribution in [1.29, 1.82) is 0 Å². The van der Waals surface area contributed by atoms with E-state index < -0.39 is 4.92 Å². The number of nitrogens with zero attached hydrogens (tertiary/aromatic N) is 1. The lowest BCUT2D eigenvalue weighted by Crippen LogP contribution is -2.27. The molecule has 2 N–H and O–H groups in total. The third-order valence-corrected chi connectivity index (χ3v) is 2.77. The average molecular weight is 279 g/mol. The molecule has 110 valence electrons. The first kappa shape index (κ1) is 16.1. The summed E-state index contributed by atoms with van der Waals surface area (Å²) in [6.07, 6.45) is 1.27. The van der Waals surface area contributed by atoms with E-state index in [0.29, 0.717) is 19.0 Å². The Morgan fingerprint density at radius 3 is 2.50 bits per heavy atom. The maximum Gasteiger partial charge on any atom is 0.269 e. The molecule has 0 unspecified atom stereocenters. The van der Waals surface area contributed by atoms with Crippen molar-refractivity contribution < 1.29 is 9.72 Å². The summed E-state index contributed by atoms with van der Waals surface area (Å²) in [6.45, 7) is 5.35. The molecule has 20 heavy (non-hydrogen) atoms. The van der Waals surface area contributed by atoms with Crippen LogP contribution in [0, 0.1) is 10.1 Å². The Labute approximate surface area is 118 Å². The number of hydrogen-bond acceptors (Lipinski definition) is 4. The van der Waals surface area contributed by atoms with Crippen LogP contribution < -0.4 is 10.6 Å². The molecular weight excluding hydrogens is 258 g/mol. The summed E-state index contributed by atoms with van der Waals surface area (Å²) < 4.78 is 0. The second-order valence-corrected chi connectivity index (χ2v) is 4.91. The van der Waals surface area contributed by atoms with Gasteiger partial charge in [-0.3, -0.25) is 14.9 Å². The van der Waals surface area contributed by atoms with Crippen LogP contribution in [0.5, 0.6) is 0 Å². The fourth-order valence-corrected chi connectivity index (χ4v) is 1.66. The predicted octanol–water partition coefficient (Wildman–Crippen LogP) is 1.99.